The highest BCUT2D eigenvalue weighted by atomic mass is 35.5. The van der Waals surface area contributed by atoms with Crippen LogP contribution in [-0.2, 0) is 6.61 Å². The van der Waals surface area contributed by atoms with Crippen LogP contribution >= 0.6 is 22.9 Å². The maximum Gasteiger partial charge on any atom is 0.207 e. The van der Waals surface area contributed by atoms with Crippen molar-refractivity contribution in [2.75, 3.05) is 5.32 Å². The fraction of sp³-hybridized carbons (Fsp3) is 0.167. The molecule has 0 aliphatic rings. The standard InChI is InChI=1S/C24H20ClFN4OS/c1-24(2,27)10-8-21-29-19-9-11-32-22(19)23(30-21)28-17-6-7-20(18(25)13-17)31-14-15-4-3-5-16(26)12-15/h3-7,9,11-13H,14,27H2,1-2H3,(H,28,29,30). The second-order valence-electron chi connectivity index (χ2n) is 7.69. The van der Waals surface area contributed by atoms with Gasteiger partial charge in [-0.15, -0.1) is 11.3 Å². The third-order valence-electron chi connectivity index (χ3n) is 4.28. The number of hydrogen-bond donors (Lipinski definition) is 2. The first kappa shape index (κ1) is 22.0. The third kappa shape index (κ3) is 5.54. The third-order valence-corrected chi connectivity index (χ3v) is 5.48. The minimum absolute atomic E-state index is 0.214. The highest BCUT2D eigenvalue weighted by Gasteiger charge is 2.11. The van der Waals surface area contributed by atoms with E-state index in [4.69, 9.17) is 22.1 Å². The molecule has 4 aromatic rings. The minimum atomic E-state index is -0.643. The predicted molar refractivity (Wildman–Crippen MR) is 128 cm³/mol. The van der Waals surface area contributed by atoms with Crippen molar-refractivity contribution in [1.82, 2.24) is 9.97 Å². The lowest BCUT2D eigenvalue weighted by Crippen LogP contribution is -2.29. The Bertz CT molecular complexity index is 1340. The van der Waals surface area contributed by atoms with E-state index in [1.807, 2.05) is 31.4 Å². The smallest absolute Gasteiger partial charge is 0.207 e. The highest BCUT2D eigenvalue weighted by molar-refractivity contribution is 7.17. The first-order valence-electron chi connectivity index (χ1n) is 9.78. The lowest BCUT2D eigenvalue weighted by molar-refractivity contribution is 0.306. The number of rotatable bonds is 5. The molecule has 0 saturated heterocycles. The molecule has 8 heteroatoms. The molecule has 2 aromatic heterocycles. The molecule has 0 amide bonds. The number of halogens is 2. The molecular formula is C24H20ClFN4OS. The number of anilines is 2. The van der Waals surface area contributed by atoms with E-state index in [0.717, 1.165) is 21.5 Å². The molecule has 0 aliphatic heterocycles. The van der Waals surface area contributed by atoms with Crippen molar-refractivity contribution >= 4 is 44.7 Å². The van der Waals surface area contributed by atoms with E-state index in [2.05, 4.69) is 27.1 Å². The van der Waals surface area contributed by atoms with Crippen LogP contribution in [0.2, 0.25) is 5.02 Å². The molecule has 4 rings (SSSR count). The van der Waals surface area contributed by atoms with Gasteiger partial charge in [0.25, 0.3) is 0 Å². The number of fused-ring (bicyclic) bond motifs is 1. The van der Waals surface area contributed by atoms with Crippen molar-refractivity contribution < 1.29 is 9.13 Å². The summed E-state index contributed by atoms with van der Waals surface area (Å²) in [6.45, 7) is 3.86. The van der Waals surface area contributed by atoms with Gasteiger partial charge in [0.15, 0.2) is 5.82 Å². The average Bonchev–Trinajstić information content (AvgIpc) is 3.20. The summed E-state index contributed by atoms with van der Waals surface area (Å²) in [6, 6.07) is 13.5. The van der Waals surface area contributed by atoms with Gasteiger partial charge < -0.3 is 15.8 Å². The molecule has 0 radical (unpaired) electrons. The van der Waals surface area contributed by atoms with E-state index in [9.17, 15) is 4.39 Å². The van der Waals surface area contributed by atoms with Crippen molar-refractivity contribution in [3.63, 3.8) is 0 Å². The van der Waals surface area contributed by atoms with Crippen LogP contribution in [-0.4, -0.2) is 15.5 Å². The van der Waals surface area contributed by atoms with Crippen LogP contribution in [0.5, 0.6) is 5.75 Å². The minimum Gasteiger partial charge on any atom is -0.487 e. The maximum atomic E-state index is 13.3. The van der Waals surface area contributed by atoms with Gasteiger partial charge in [-0.25, -0.2) is 14.4 Å². The van der Waals surface area contributed by atoms with Crippen LogP contribution in [0.4, 0.5) is 15.9 Å². The number of ether oxygens (including phenoxy) is 1. The number of nitrogens with two attached hydrogens (primary N) is 1. The Morgan fingerprint density at radius 2 is 2.03 bits per heavy atom. The molecular weight excluding hydrogens is 447 g/mol. The normalized spacial score (nSPS) is 11.2. The number of aromatic nitrogens is 2. The van der Waals surface area contributed by atoms with Crippen LogP contribution in [0, 0.1) is 17.7 Å². The fourth-order valence-electron chi connectivity index (χ4n) is 2.84. The van der Waals surface area contributed by atoms with E-state index in [0.29, 0.717) is 22.4 Å². The summed E-state index contributed by atoms with van der Waals surface area (Å²) in [4.78, 5) is 9.05. The second kappa shape index (κ2) is 9.13. The average molecular weight is 467 g/mol. The van der Waals surface area contributed by atoms with E-state index in [1.165, 1.54) is 23.5 Å². The molecule has 3 N–H and O–H groups in total. The van der Waals surface area contributed by atoms with E-state index in [-0.39, 0.29) is 12.4 Å². The van der Waals surface area contributed by atoms with E-state index < -0.39 is 5.54 Å². The van der Waals surface area contributed by atoms with Crippen molar-refractivity contribution in [3.05, 3.63) is 76.1 Å². The Hall–Kier alpha value is -3.18. The summed E-state index contributed by atoms with van der Waals surface area (Å²) in [5, 5.41) is 5.66. The van der Waals surface area contributed by atoms with Gasteiger partial charge in [-0.1, -0.05) is 29.7 Å². The SMILES string of the molecule is CC(C)(N)C#Cc1nc(Nc2ccc(OCc3cccc(F)c3)c(Cl)c2)c2sccc2n1. The van der Waals surface area contributed by atoms with Gasteiger partial charge >= 0.3 is 0 Å². The van der Waals surface area contributed by atoms with Crippen LogP contribution in [0.3, 0.4) is 0 Å². The van der Waals surface area contributed by atoms with Crippen LogP contribution in [0.15, 0.2) is 53.9 Å². The fourth-order valence-corrected chi connectivity index (χ4v) is 3.85. The van der Waals surface area contributed by atoms with Gasteiger partial charge in [-0.2, -0.15) is 0 Å². The Kier molecular flexibility index (Phi) is 6.28. The molecule has 32 heavy (non-hydrogen) atoms. The van der Waals surface area contributed by atoms with Gasteiger partial charge in [0, 0.05) is 5.69 Å². The van der Waals surface area contributed by atoms with Crippen molar-refractivity contribution in [1.29, 1.82) is 0 Å². The molecule has 2 aromatic carbocycles. The summed E-state index contributed by atoms with van der Waals surface area (Å²) in [6.07, 6.45) is 0. The molecule has 0 spiro atoms. The van der Waals surface area contributed by atoms with Gasteiger partial charge in [-0.3, -0.25) is 0 Å². The van der Waals surface area contributed by atoms with Crippen LogP contribution in [0.1, 0.15) is 25.2 Å². The zero-order valence-corrected chi connectivity index (χ0v) is 19.0. The molecule has 0 unspecified atom stereocenters. The largest absolute Gasteiger partial charge is 0.487 e. The zero-order chi connectivity index (χ0) is 22.7. The van der Waals surface area contributed by atoms with Gasteiger partial charge in [-0.05, 0) is 67.1 Å². The topological polar surface area (TPSA) is 73.1 Å². The highest BCUT2D eigenvalue weighted by Crippen LogP contribution is 2.32. The summed E-state index contributed by atoms with van der Waals surface area (Å²) >= 11 is 7.95. The molecule has 0 fully saturated rings. The molecule has 0 saturated carbocycles. The van der Waals surface area contributed by atoms with Crippen LogP contribution < -0.4 is 15.8 Å². The van der Waals surface area contributed by atoms with Crippen molar-refractivity contribution in [2.24, 2.45) is 5.73 Å². The lowest BCUT2D eigenvalue weighted by Gasteiger charge is -2.12. The Morgan fingerprint density at radius 3 is 2.78 bits per heavy atom. The van der Waals surface area contributed by atoms with Crippen LogP contribution in [0.25, 0.3) is 10.2 Å². The summed E-state index contributed by atoms with van der Waals surface area (Å²) < 4.78 is 20.0. The number of nitrogens with zero attached hydrogens (tertiary/aromatic N) is 2. The first-order chi connectivity index (χ1) is 15.3. The zero-order valence-electron chi connectivity index (χ0n) is 17.4. The number of benzene rings is 2. The lowest BCUT2D eigenvalue weighted by atomic mass is 10.1. The molecule has 0 aliphatic carbocycles. The monoisotopic (exact) mass is 466 g/mol. The van der Waals surface area contributed by atoms with E-state index in [1.54, 1.807) is 24.3 Å². The van der Waals surface area contributed by atoms with Crippen molar-refractivity contribution in [2.45, 2.75) is 26.0 Å². The quantitative estimate of drug-likeness (QED) is 0.358. The molecule has 0 atom stereocenters. The first-order valence-corrected chi connectivity index (χ1v) is 11.0. The van der Waals surface area contributed by atoms with Gasteiger partial charge in [0.1, 0.15) is 18.2 Å². The predicted octanol–water partition coefficient (Wildman–Crippen LogP) is 5.90. The number of hydrogen-bond acceptors (Lipinski definition) is 6. The van der Waals surface area contributed by atoms with Gasteiger partial charge in [0.05, 0.1) is 20.8 Å². The number of thiophene rings is 1. The summed E-state index contributed by atoms with van der Waals surface area (Å²) in [7, 11) is 0. The Balaban J connectivity index is 1.55. The number of nitrogens with one attached hydrogen (secondary N) is 1. The molecule has 0 bridgehead atoms. The summed E-state index contributed by atoms with van der Waals surface area (Å²) in [5.41, 5.74) is 7.56. The van der Waals surface area contributed by atoms with E-state index >= 15 is 0 Å². The Labute approximate surface area is 194 Å². The molecule has 5 nitrogen and oxygen atoms in total. The maximum absolute atomic E-state index is 13.3. The summed E-state index contributed by atoms with van der Waals surface area (Å²) in [5.74, 6) is 7.11. The second-order valence-corrected chi connectivity index (χ2v) is 9.01. The van der Waals surface area contributed by atoms with Crippen molar-refractivity contribution in [3.8, 4) is 17.6 Å². The molecule has 162 valence electrons. The Morgan fingerprint density at radius 1 is 1.19 bits per heavy atom. The molecule has 2 heterocycles. The van der Waals surface area contributed by atoms with Gasteiger partial charge in [0.2, 0.25) is 5.82 Å².